The molecular formula is C16H22N2O. The van der Waals surface area contributed by atoms with Gasteiger partial charge in [-0.05, 0) is 62.3 Å². The van der Waals surface area contributed by atoms with Crippen LogP contribution in [0.15, 0.2) is 24.3 Å². The number of hydrogen-bond donors (Lipinski definition) is 1. The Hall–Kier alpha value is -1.35. The largest absolute Gasteiger partial charge is 0.335 e. The van der Waals surface area contributed by atoms with Crippen LogP contribution in [0.1, 0.15) is 41.6 Å². The second-order valence-electron chi connectivity index (χ2n) is 5.87. The van der Waals surface area contributed by atoms with Gasteiger partial charge in [0.25, 0.3) is 5.91 Å². The highest BCUT2D eigenvalue weighted by molar-refractivity contribution is 5.94. The molecule has 3 rings (SSSR count). The Morgan fingerprint density at radius 1 is 1.26 bits per heavy atom. The maximum absolute atomic E-state index is 12.6. The molecule has 2 aliphatic carbocycles. The van der Waals surface area contributed by atoms with Crippen LogP contribution in [0.3, 0.4) is 0 Å². The minimum absolute atomic E-state index is 0.216. The van der Waals surface area contributed by atoms with Crippen molar-refractivity contribution in [3.63, 3.8) is 0 Å². The van der Waals surface area contributed by atoms with Gasteiger partial charge in [-0.3, -0.25) is 4.79 Å². The van der Waals surface area contributed by atoms with Gasteiger partial charge in [0, 0.05) is 18.2 Å². The monoisotopic (exact) mass is 258 g/mol. The molecule has 102 valence electrons. The molecule has 0 bridgehead atoms. The summed E-state index contributed by atoms with van der Waals surface area (Å²) in [5.41, 5.74) is 7.58. The smallest absolute Gasteiger partial charge is 0.254 e. The Labute approximate surface area is 114 Å². The third kappa shape index (κ3) is 3.16. The SMILES string of the molecule is NCCc1cccc(C(=O)N(CC2CC2)C2CC2)c1. The van der Waals surface area contributed by atoms with Crippen LogP contribution < -0.4 is 5.73 Å². The Kier molecular flexibility index (Phi) is 3.56. The maximum atomic E-state index is 12.6. The van der Waals surface area contributed by atoms with Gasteiger partial charge in [-0.2, -0.15) is 0 Å². The molecule has 0 atom stereocenters. The fraction of sp³-hybridized carbons (Fsp3) is 0.562. The predicted octanol–water partition coefficient (Wildman–Crippen LogP) is 2.20. The van der Waals surface area contributed by atoms with Crippen LogP contribution in [0.2, 0.25) is 0 Å². The van der Waals surface area contributed by atoms with E-state index in [4.69, 9.17) is 5.73 Å². The Balaban J connectivity index is 1.74. The van der Waals surface area contributed by atoms with Crippen molar-refractivity contribution in [1.29, 1.82) is 0 Å². The molecule has 0 unspecified atom stereocenters. The summed E-state index contributed by atoms with van der Waals surface area (Å²) >= 11 is 0. The fourth-order valence-electron chi connectivity index (χ4n) is 2.55. The molecule has 2 fully saturated rings. The summed E-state index contributed by atoms with van der Waals surface area (Å²) in [5.74, 6) is 0.977. The number of carbonyl (C=O) groups excluding carboxylic acids is 1. The van der Waals surface area contributed by atoms with Crippen LogP contribution in [0.25, 0.3) is 0 Å². The summed E-state index contributed by atoms with van der Waals surface area (Å²) in [6, 6.07) is 8.47. The van der Waals surface area contributed by atoms with Crippen LogP contribution in [0.4, 0.5) is 0 Å². The van der Waals surface area contributed by atoms with Crippen molar-refractivity contribution in [3.8, 4) is 0 Å². The molecule has 2 saturated carbocycles. The third-order valence-electron chi connectivity index (χ3n) is 4.01. The van der Waals surface area contributed by atoms with Crippen molar-refractivity contribution in [1.82, 2.24) is 4.90 Å². The number of benzene rings is 1. The Morgan fingerprint density at radius 2 is 2.05 bits per heavy atom. The van der Waals surface area contributed by atoms with E-state index in [1.165, 1.54) is 25.7 Å². The van der Waals surface area contributed by atoms with Gasteiger partial charge < -0.3 is 10.6 Å². The zero-order valence-corrected chi connectivity index (χ0v) is 11.3. The summed E-state index contributed by atoms with van der Waals surface area (Å²) in [4.78, 5) is 14.8. The molecule has 1 aromatic rings. The first-order chi connectivity index (χ1) is 9.28. The minimum Gasteiger partial charge on any atom is -0.335 e. The first kappa shape index (κ1) is 12.7. The number of nitrogens with zero attached hydrogens (tertiary/aromatic N) is 1. The second-order valence-corrected chi connectivity index (χ2v) is 5.87. The molecule has 0 radical (unpaired) electrons. The van der Waals surface area contributed by atoms with Crippen molar-refractivity contribution < 1.29 is 4.79 Å². The highest BCUT2D eigenvalue weighted by Gasteiger charge is 2.36. The average molecular weight is 258 g/mol. The van der Waals surface area contributed by atoms with Gasteiger partial charge in [0.15, 0.2) is 0 Å². The molecule has 0 saturated heterocycles. The molecule has 2 N–H and O–H groups in total. The number of amides is 1. The second kappa shape index (κ2) is 5.33. The molecule has 0 spiro atoms. The van der Waals surface area contributed by atoms with Crippen LogP contribution in [-0.2, 0) is 6.42 Å². The van der Waals surface area contributed by atoms with E-state index in [0.29, 0.717) is 12.6 Å². The van der Waals surface area contributed by atoms with Crippen molar-refractivity contribution >= 4 is 5.91 Å². The lowest BCUT2D eigenvalue weighted by Crippen LogP contribution is -2.35. The van der Waals surface area contributed by atoms with E-state index in [1.807, 2.05) is 24.3 Å². The van der Waals surface area contributed by atoms with E-state index in [9.17, 15) is 4.79 Å². The summed E-state index contributed by atoms with van der Waals surface area (Å²) in [5, 5.41) is 0. The predicted molar refractivity (Wildman–Crippen MR) is 76.0 cm³/mol. The molecular weight excluding hydrogens is 236 g/mol. The van der Waals surface area contributed by atoms with Crippen LogP contribution in [-0.4, -0.2) is 29.9 Å². The zero-order valence-electron chi connectivity index (χ0n) is 11.3. The van der Waals surface area contributed by atoms with E-state index in [-0.39, 0.29) is 5.91 Å². The fourth-order valence-corrected chi connectivity index (χ4v) is 2.55. The van der Waals surface area contributed by atoms with Gasteiger partial charge in [0.05, 0.1) is 0 Å². The van der Waals surface area contributed by atoms with Crippen molar-refractivity contribution in [2.45, 2.75) is 38.1 Å². The number of hydrogen-bond acceptors (Lipinski definition) is 2. The summed E-state index contributed by atoms with van der Waals surface area (Å²) in [7, 11) is 0. The average Bonchev–Trinajstić information content (AvgIpc) is 3.28. The first-order valence-electron chi connectivity index (χ1n) is 7.38. The number of nitrogens with two attached hydrogens (primary N) is 1. The van der Waals surface area contributed by atoms with Gasteiger partial charge in [0.1, 0.15) is 0 Å². The topological polar surface area (TPSA) is 46.3 Å². The quantitative estimate of drug-likeness (QED) is 0.850. The first-order valence-corrected chi connectivity index (χ1v) is 7.38. The Morgan fingerprint density at radius 3 is 2.68 bits per heavy atom. The number of rotatable bonds is 6. The molecule has 19 heavy (non-hydrogen) atoms. The summed E-state index contributed by atoms with van der Waals surface area (Å²) in [6.07, 6.45) is 5.79. The van der Waals surface area contributed by atoms with Crippen molar-refractivity contribution in [2.75, 3.05) is 13.1 Å². The zero-order chi connectivity index (χ0) is 13.2. The lowest BCUT2D eigenvalue weighted by atomic mass is 10.1. The van der Waals surface area contributed by atoms with E-state index >= 15 is 0 Å². The van der Waals surface area contributed by atoms with Crippen LogP contribution in [0, 0.1) is 5.92 Å². The van der Waals surface area contributed by atoms with E-state index in [1.54, 1.807) is 0 Å². The molecule has 0 aliphatic heterocycles. The molecule has 2 aliphatic rings. The van der Waals surface area contributed by atoms with Gasteiger partial charge in [-0.15, -0.1) is 0 Å². The highest BCUT2D eigenvalue weighted by Crippen LogP contribution is 2.35. The van der Waals surface area contributed by atoms with Gasteiger partial charge in [0.2, 0.25) is 0 Å². The lowest BCUT2D eigenvalue weighted by molar-refractivity contribution is 0.0734. The summed E-state index contributed by atoms with van der Waals surface area (Å²) in [6.45, 7) is 1.59. The van der Waals surface area contributed by atoms with Crippen molar-refractivity contribution in [3.05, 3.63) is 35.4 Å². The molecule has 0 aromatic heterocycles. The molecule has 3 nitrogen and oxygen atoms in total. The van der Waals surface area contributed by atoms with Crippen LogP contribution >= 0.6 is 0 Å². The Bertz CT molecular complexity index is 464. The molecule has 3 heteroatoms. The van der Waals surface area contributed by atoms with E-state index in [0.717, 1.165) is 30.0 Å². The normalized spacial score (nSPS) is 18.4. The van der Waals surface area contributed by atoms with E-state index < -0.39 is 0 Å². The van der Waals surface area contributed by atoms with Gasteiger partial charge in [-0.1, -0.05) is 12.1 Å². The standard InChI is InChI=1S/C16H22N2O/c17-9-8-12-2-1-3-14(10-12)16(19)18(15-6-7-15)11-13-4-5-13/h1-3,10,13,15H,4-9,11,17H2. The highest BCUT2D eigenvalue weighted by atomic mass is 16.2. The minimum atomic E-state index is 0.216. The molecule has 1 aromatic carbocycles. The molecule has 0 heterocycles. The van der Waals surface area contributed by atoms with Gasteiger partial charge in [-0.25, -0.2) is 0 Å². The molecule has 1 amide bonds. The van der Waals surface area contributed by atoms with Crippen LogP contribution in [0.5, 0.6) is 0 Å². The van der Waals surface area contributed by atoms with Gasteiger partial charge >= 0.3 is 0 Å². The number of carbonyl (C=O) groups is 1. The lowest BCUT2D eigenvalue weighted by Gasteiger charge is -2.22. The van der Waals surface area contributed by atoms with E-state index in [2.05, 4.69) is 4.90 Å². The maximum Gasteiger partial charge on any atom is 0.254 e. The van der Waals surface area contributed by atoms with Crippen molar-refractivity contribution in [2.24, 2.45) is 11.7 Å². The third-order valence-corrected chi connectivity index (χ3v) is 4.01. The summed E-state index contributed by atoms with van der Waals surface area (Å²) < 4.78 is 0.